The Morgan fingerprint density at radius 1 is 1.45 bits per heavy atom. The fourth-order valence-corrected chi connectivity index (χ4v) is 2.70. The quantitative estimate of drug-likeness (QED) is 0.909. The summed E-state index contributed by atoms with van der Waals surface area (Å²) in [5, 5.41) is 0. The van der Waals surface area contributed by atoms with Gasteiger partial charge in [0.2, 0.25) is 5.91 Å². The first-order valence-electron chi connectivity index (χ1n) is 6.96. The summed E-state index contributed by atoms with van der Waals surface area (Å²) in [6.07, 6.45) is 1.89. The highest BCUT2D eigenvalue weighted by Crippen LogP contribution is 2.27. The summed E-state index contributed by atoms with van der Waals surface area (Å²) in [5.74, 6) is -0.448. The minimum Gasteiger partial charge on any atom is -0.347 e. The molecule has 1 amide bonds. The van der Waals surface area contributed by atoms with E-state index in [1.54, 1.807) is 32.3 Å². The summed E-state index contributed by atoms with van der Waals surface area (Å²) < 4.78 is 14.1. The summed E-state index contributed by atoms with van der Waals surface area (Å²) >= 11 is 0. The molecule has 1 aromatic carbocycles. The molecule has 0 saturated carbocycles. The third kappa shape index (κ3) is 3.16. The number of piperidine rings is 1. The highest BCUT2D eigenvalue weighted by Gasteiger charge is 2.33. The monoisotopic (exact) mass is 279 g/mol. The Hall–Kier alpha value is -1.46. The van der Waals surface area contributed by atoms with Crippen LogP contribution < -0.4 is 5.73 Å². The number of halogens is 1. The minimum atomic E-state index is -0.586. The number of rotatable bonds is 3. The van der Waals surface area contributed by atoms with Gasteiger partial charge in [0.1, 0.15) is 11.9 Å². The fourth-order valence-electron chi connectivity index (χ4n) is 2.70. The molecule has 0 bridgehead atoms. The van der Waals surface area contributed by atoms with E-state index in [2.05, 4.69) is 0 Å². The van der Waals surface area contributed by atoms with E-state index in [0.29, 0.717) is 12.1 Å². The Morgan fingerprint density at radius 3 is 2.75 bits per heavy atom. The van der Waals surface area contributed by atoms with Crippen molar-refractivity contribution in [2.24, 2.45) is 5.73 Å². The summed E-state index contributed by atoms with van der Waals surface area (Å²) in [7, 11) is 3.39. The van der Waals surface area contributed by atoms with Crippen LogP contribution in [0.4, 0.5) is 4.39 Å². The maximum Gasteiger partial charge on any atom is 0.244 e. The van der Waals surface area contributed by atoms with Crippen LogP contribution in [0.25, 0.3) is 0 Å². The van der Waals surface area contributed by atoms with Crippen molar-refractivity contribution >= 4 is 5.91 Å². The molecule has 1 aliphatic heterocycles. The molecule has 20 heavy (non-hydrogen) atoms. The van der Waals surface area contributed by atoms with E-state index >= 15 is 0 Å². The molecule has 4 nitrogen and oxygen atoms in total. The molecule has 1 aromatic rings. The van der Waals surface area contributed by atoms with Gasteiger partial charge in [0.15, 0.2) is 0 Å². The standard InChI is InChI=1S/C15H22FN3O/c1-18(2)15(20)14(12-7-3-4-8-13(12)16)19-9-5-6-11(17)10-19/h3-4,7-8,11,14H,5-6,9-10,17H2,1-2H3. The SMILES string of the molecule is CN(C)C(=O)C(c1ccccc1F)N1CCCC(N)C1. The van der Waals surface area contributed by atoms with Crippen LogP contribution in [0.1, 0.15) is 24.4 Å². The van der Waals surface area contributed by atoms with Gasteiger partial charge < -0.3 is 10.6 Å². The van der Waals surface area contributed by atoms with Gasteiger partial charge in [0.05, 0.1) is 0 Å². The molecule has 1 heterocycles. The number of amides is 1. The zero-order valence-corrected chi connectivity index (χ0v) is 12.1. The van der Waals surface area contributed by atoms with E-state index in [1.807, 2.05) is 4.90 Å². The predicted octanol–water partition coefficient (Wildman–Crippen LogP) is 1.38. The second kappa shape index (κ2) is 6.33. The lowest BCUT2D eigenvalue weighted by atomic mass is 9.98. The molecule has 1 aliphatic rings. The van der Waals surface area contributed by atoms with E-state index in [-0.39, 0.29) is 17.8 Å². The van der Waals surface area contributed by atoms with Gasteiger partial charge in [-0.1, -0.05) is 18.2 Å². The van der Waals surface area contributed by atoms with E-state index in [0.717, 1.165) is 19.4 Å². The molecule has 0 spiro atoms. The first-order chi connectivity index (χ1) is 9.50. The molecule has 1 saturated heterocycles. The van der Waals surface area contributed by atoms with Gasteiger partial charge in [-0.15, -0.1) is 0 Å². The van der Waals surface area contributed by atoms with Crippen LogP contribution in [-0.4, -0.2) is 48.9 Å². The Kier molecular flexibility index (Phi) is 4.73. The van der Waals surface area contributed by atoms with Crippen molar-refractivity contribution in [2.45, 2.75) is 24.9 Å². The number of carbonyl (C=O) groups excluding carboxylic acids is 1. The summed E-state index contributed by atoms with van der Waals surface area (Å²) in [5.41, 5.74) is 6.43. The minimum absolute atomic E-state index is 0.0491. The molecule has 2 N–H and O–H groups in total. The van der Waals surface area contributed by atoms with Gasteiger partial charge >= 0.3 is 0 Å². The molecule has 2 unspecified atom stereocenters. The van der Waals surface area contributed by atoms with Crippen molar-refractivity contribution in [1.82, 2.24) is 9.80 Å². The number of carbonyl (C=O) groups is 1. The number of likely N-dealkylation sites (N-methyl/N-ethyl adjacent to an activating group) is 1. The first-order valence-corrected chi connectivity index (χ1v) is 6.96. The maximum atomic E-state index is 14.1. The number of nitrogens with two attached hydrogens (primary N) is 1. The van der Waals surface area contributed by atoms with Gasteiger partial charge in [-0.25, -0.2) is 4.39 Å². The smallest absolute Gasteiger partial charge is 0.244 e. The van der Waals surface area contributed by atoms with Gasteiger partial charge in [-0.2, -0.15) is 0 Å². The number of hydrogen-bond donors (Lipinski definition) is 1. The van der Waals surface area contributed by atoms with Crippen molar-refractivity contribution in [3.63, 3.8) is 0 Å². The van der Waals surface area contributed by atoms with Gasteiger partial charge in [0.25, 0.3) is 0 Å². The average Bonchev–Trinajstić information content (AvgIpc) is 2.41. The molecule has 2 rings (SSSR count). The molecule has 110 valence electrons. The van der Waals surface area contributed by atoms with Gasteiger partial charge in [0, 0.05) is 32.2 Å². The largest absolute Gasteiger partial charge is 0.347 e. The maximum absolute atomic E-state index is 14.1. The third-order valence-electron chi connectivity index (χ3n) is 3.73. The van der Waals surface area contributed by atoms with Crippen LogP contribution in [0.2, 0.25) is 0 Å². The van der Waals surface area contributed by atoms with E-state index in [1.165, 1.54) is 11.0 Å². The summed E-state index contributed by atoms with van der Waals surface area (Å²) in [6, 6.07) is 5.94. The lowest BCUT2D eigenvalue weighted by molar-refractivity contribution is -0.135. The van der Waals surface area contributed by atoms with E-state index in [9.17, 15) is 9.18 Å². The molecule has 0 aromatic heterocycles. The Balaban J connectivity index is 2.34. The molecule has 1 fully saturated rings. The lowest BCUT2D eigenvalue weighted by Gasteiger charge is -2.37. The van der Waals surface area contributed by atoms with Crippen molar-refractivity contribution in [3.8, 4) is 0 Å². The Morgan fingerprint density at radius 2 is 2.15 bits per heavy atom. The third-order valence-corrected chi connectivity index (χ3v) is 3.73. The molecule has 2 atom stereocenters. The highest BCUT2D eigenvalue weighted by molar-refractivity contribution is 5.83. The second-order valence-electron chi connectivity index (χ2n) is 5.55. The van der Waals surface area contributed by atoms with E-state index in [4.69, 9.17) is 5.73 Å². The van der Waals surface area contributed by atoms with E-state index < -0.39 is 6.04 Å². The zero-order chi connectivity index (χ0) is 14.7. The van der Waals surface area contributed by atoms with Crippen molar-refractivity contribution < 1.29 is 9.18 Å². The second-order valence-corrected chi connectivity index (χ2v) is 5.55. The topological polar surface area (TPSA) is 49.6 Å². The molecular formula is C15H22FN3O. The zero-order valence-electron chi connectivity index (χ0n) is 12.1. The average molecular weight is 279 g/mol. The van der Waals surface area contributed by atoms with Crippen molar-refractivity contribution in [2.75, 3.05) is 27.2 Å². The van der Waals surface area contributed by atoms with Crippen LogP contribution in [0, 0.1) is 5.82 Å². The normalized spacial score (nSPS) is 21.5. The number of hydrogen-bond acceptors (Lipinski definition) is 3. The number of benzene rings is 1. The summed E-state index contributed by atoms with van der Waals surface area (Å²) in [4.78, 5) is 16.0. The molecule has 0 aliphatic carbocycles. The van der Waals surface area contributed by atoms with Gasteiger partial charge in [-0.05, 0) is 25.5 Å². The number of nitrogens with zero attached hydrogens (tertiary/aromatic N) is 2. The Labute approximate surface area is 119 Å². The molecule has 5 heteroatoms. The first kappa shape index (κ1) is 14.9. The van der Waals surface area contributed by atoms with Crippen LogP contribution in [0.15, 0.2) is 24.3 Å². The highest BCUT2D eigenvalue weighted by atomic mass is 19.1. The van der Waals surface area contributed by atoms with Crippen LogP contribution >= 0.6 is 0 Å². The fraction of sp³-hybridized carbons (Fsp3) is 0.533. The van der Waals surface area contributed by atoms with Crippen LogP contribution in [0.5, 0.6) is 0 Å². The van der Waals surface area contributed by atoms with Crippen LogP contribution in [-0.2, 0) is 4.79 Å². The predicted molar refractivity (Wildman–Crippen MR) is 76.6 cm³/mol. The Bertz CT molecular complexity index is 478. The van der Waals surface area contributed by atoms with Crippen molar-refractivity contribution in [3.05, 3.63) is 35.6 Å². The lowest BCUT2D eigenvalue weighted by Crippen LogP contribution is -2.48. The van der Waals surface area contributed by atoms with Crippen molar-refractivity contribution in [1.29, 1.82) is 0 Å². The van der Waals surface area contributed by atoms with Gasteiger partial charge in [-0.3, -0.25) is 9.69 Å². The molecular weight excluding hydrogens is 257 g/mol. The number of likely N-dealkylation sites (tertiary alicyclic amines) is 1. The molecule has 0 radical (unpaired) electrons. The van der Waals surface area contributed by atoms with Crippen LogP contribution in [0.3, 0.4) is 0 Å². The summed E-state index contributed by atoms with van der Waals surface area (Å²) in [6.45, 7) is 1.39.